The summed E-state index contributed by atoms with van der Waals surface area (Å²) in [4.78, 5) is 37.3. The molecule has 0 saturated heterocycles. The van der Waals surface area contributed by atoms with E-state index in [9.17, 15) is 19.5 Å². The molecule has 0 spiro atoms. The molecule has 0 heterocycles. The molecule has 0 aromatic rings. The van der Waals surface area contributed by atoms with Gasteiger partial charge in [0.15, 0.2) is 12.4 Å². The largest absolute Gasteiger partial charge is 0.545 e. The van der Waals surface area contributed by atoms with Gasteiger partial charge < -0.3 is 33.3 Å². The minimum Gasteiger partial charge on any atom is -0.545 e. The average Bonchev–Trinajstić information content (AvgIpc) is 3.34. The van der Waals surface area contributed by atoms with Gasteiger partial charge >= 0.3 is 11.9 Å². The normalized spacial score (nSPS) is 13.4. The summed E-state index contributed by atoms with van der Waals surface area (Å²) in [5.41, 5.74) is 0. The molecule has 0 fully saturated rings. The van der Waals surface area contributed by atoms with Crippen LogP contribution < -0.4 is 5.11 Å². The van der Waals surface area contributed by atoms with Gasteiger partial charge in [-0.25, -0.2) is 0 Å². The molecule has 0 radical (unpaired) electrons. The zero-order valence-corrected chi connectivity index (χ0v) is 46.3. The van der Waals surface area contributed by atoms with Gasteiger partial charge in [0.05, 0.1) is 40.3 Å². The number of hydrogen-bond acceptors (Lipinski definition) is 8. The van der Waals surface area contributed by atoms with Crippen molar-refractivity contribution in [1.29, 1.82) is 0 Å². The van der Waals surface area contributed by atoms with Crippen molar-refractivity contribution in [2.75, 3.05) is 47.5 Å². The second-order valence-electron chi connectivity index (χ2n) is 20.2. The van der Waals surface area contributed by atoms with Gasteiger partial charge in [0, 0.05) is 12.8 Å². The van der Waals surface area contributed by atoms with Crippen molar-refractivity contribution >= 4 is 17.9 Å². The van der Waals surface area contributed by atoms with Crippen LogP contribution in [0.2, 0.25) is 0 Å². The first-order chi connectivity index (χ1) is 34.6. The topological polar surface area (TPSA) is 111 Å². The van der Waals surface area contributed by atoms with E-state index in [0.717, 1.165) is 89.9 Å². The van der Waals surface area contributed by atoms with Crippen molar-refractivity contribution in [2.24, 2.45) is 0 Å². The van der Waals surface area contributed by atoms with Crippen LogP contribution >= 0.6 is 0 Å². The van der Waals surface area contributed by atoms with E-state index in [4.69, 9.17) is 18.9 Å². The molecule has 9 nitrogen and oxygen atoms in total. The van der Waals surface area contributed by atoms with Crippen LogP contribution in [0.15, 0.2) is 85.1 Å². The highest BCUT2D eigenvalue weighted by atomic mass is 16.7. The maximum absolute atomic E-state index is 12.9. The molecule has 0 amide bonds. The van der Waals surface area contributed by atoms with Crippen LogP contribution in [0.3, 0.4) is 0 Å². The number of carboxylic acids is 1. The minimum absolute atomic E-state index is 0.143. The Hall–Kier alpha value is -3.53. The number of esters is 2. The lowest BCUT2D eigenvalue weighted by molar-refractivity contribution is -0.870. The highest BCUT2D eigenvalue weighted by molar-refractivity contribution is 5.70. The third-order valence-corrected chi connectivity index (χ3v) is 12.1. The van der Waals surface area contributed by atoms with Crippen LogP contribution in [-0.2, 0) is 33.3 Å². The number of unbranched alkanes of at least 4 members (excludes halogenated alkanes) is 23. The van der Waals surface area contributed by atoms with Crippen LogP contribution in [0, 0.1) is 0 Å². The number of hydrogen-bond donors (Lipinski definition) is 0. The third kappa shape index (κ3) is 54.1. The maximum Gasteiger partial charge on any atom is 0.306 e. The van der Waals surface area contributed by atoms with Gasteiger partial charge in [-0.3, -0.25) is 9.59 Å². The molecule has 0 aromatic carbocycles. The summed E-state index contributed by atoms with van der Waals surface area (Å²) in [5, 5.41) is 11.8. The fraction of sp³-hybridized carbons (Fsp3) is 0.726. The highest BCUT2D eigenvalue weighted by Crippen LogP contribution is 2.15. The van der Waals surface area contributed by atoms with Gasteiger partial charge in [0.1, 0.15) is 13.2 Å². The zero-order valence-electron chi connectivity index (χ0n) is 46.3. The fourth-order valence-electron chi connectivity index (χ4n) is 7.71. The Kier molecular flexibility index (Phi) is 50.2. The molecule has 2 unspecified atom stereocenters. The summed E-state index contributed by atoms with van der Waals surface area (Å²) in [5.74, 6) is -2.29. The summed E-state index contributed by atoms with van der Waals surface area (Å²) in [6.07, 6.45) is 66.2. The number of nitrogens with zero attached hydrogens (tertiary/aromatic N) is 1. The van der Waals surface area contributed by atoms with Crippen molar-refractivity contribution in [3.63, 3.8) is 0 Å². The Morgan fingerprint density at radius 1 is 0.437 bits per heavy atom. The number of aliphatic carboxylic acids is 1. The lowest BCUT2D eigenvalue weighted by atomic mass is 10.0. The van der Waals surface area contributed by atoms with E-state index in [1.165, 1.54) is 109 Å². The van der Waals surface area contributed by atoms with Crippen LogP contribution in [0.4, 0.5) is 0 Å². The predicted octanol–water partition coefficient (Wildman–Crippen LogP) is 15.5. The number of carbonyl (C=O) groups is 3. The van der Waals surface area contributed by atoms with E-state index in [1.807, 2.05) is 21.1 Å². The number of quaternary nitrogens is 1. The molecule has 0 aliphatic carbocycles. The van der Waals surface area contributed by atoms with E-state index >= 15 is 0 Å². The van der Waals surface area contributed by atoms with Crippen molar-refractivity contribution in [3.05, 3.63) is 85.1 Å². The van der Waals surface area contributed by atoms with Gasteiger partial charge in [0.25, 0.3) is 0 Å². The van der Waals surface area contributed by atoms with Crippen LogP contribution in [0.25, 0.3) is 0 Å². The highest BCUT2D eigenvalue weighted by Gasteiger charge is 2.22. The number of ether oxygens (including phenoxy) is 4. The standard InChI is InChI=1S/C62H107NO8/c1-6-8-10-12-14-16-18-20-22-24-26-27-28-29-30-31-32-33-35-37-39-41-43-45-47-49-51-53-60(65)71-58(57-70-62(61(66)67)68-55-54-63(3,4)5)56-69-59(64)52-50-48-46-44-42-40-38-36-34-25-23-21-19-17-15-13-11-9-7-2/h8,10,14-17,20-23,26-27,29-30,58,62H,6-7,9,11-13,18-19,24-25,28,31-57H2,1-5H3/b10-8-,16-14-,17-15-,22-20-,23-21-,27-26-,30-29-. The van der Waals surface area contributed by atoms with Crippen LogP contribution in [0.1, 0.15) is 232 Å². The summed E-state index contributed by atoms with van der Waals surface area (Å²) in [6, 6.07) is 0. The lowest BCUT2D eigenvalue weighted by Crippen LogP contribution is -2.44. The fourth-order valence-corrected chi connectivity index (χ4v) is 7.71. The summed E-state index contributed by atoms with van der Waals surface area (Å²) in [6.45, 7) is 4.61. The summed E-state index contributed by atoms with van der Waals surface area (Å²) in [7, 11) is 5.92. The molecule has 71 heavy (non-hydrogen) atoms. The number of allylic oxidation sites excluding steroid dienone is 14. The van der Waals surface area contributed by atoms with E-state index in [1.54, 1.807) is 0 Å². The Morgan fingerprint density at radius 2 is 0.803 bits per heavy atom. The van der Waals surface area contributed by atoms with Crippen molar-refractivity contribution in [3.8, 4) is 0 Å². The quantitative estimate of drug-likeness (QED) is 0.0195. The molecule has 0 aliphatic heterocycles. The lowest BCUT2D eigenvalue weighted by Gasteiger charge is -2.26. The Bertz CT molecular complexity index is 1440. The van der Waals surface area contributed by atoms with E-state index < -0.39 is 24.3 Å². The molecule has 0 N–H and O–H groups in total. The van der Waals surface area contributed by atoms with E-state index in [2.05, 4.69) is 98.9 Å². The van der Waals surface area contributed by atoms with Gasteiger partial charge in [-0.15, -0.1) is 0 Å². The van der Waals surface area contributed by atoms with Crippen LogP contribution in [0.5, 0.6) is 0 Å². The Balaban J connectivity index is 4.26. The third-order valence-electron chi connectivity index (χ3n) is 12.1. The van der Waals surface area contributed by atoms with Crippen LogP contribution in [-0.4, -0.2) is 82.3 Å². The molecule has 0 rings (SSSR count). The van der Waals surface area contributed by atoms with Gasteiger partial charge in [-0.05, 0) is 89.9 Å². The number of rotatable bonds is 52. The average molecular weight is 995 g/mol. The summed E-state index contributed by atoms with van der Waals surface area (Å²) < 4.78 is 22.7. The zero-order chi connectivity index (χ0) is 52.0. The molecule has 9 heteroatoms. The van der Waals surface area contributed by atoms with E-state index in [0.29, 0.717) is 17.4 Å². The smallest absolute Gasteiger partial charge is 0.306 e. The molecular formula is C62H107NO8. The molecular weight excluding hydrogens is 887 g/mol. The molecule has 0 aromatic heterocycles. The minimum atomic E-state index is -1.63. The predicted molar refractivity (Wildman–Crippen MR) is 297 cm³/mol. The maximum atomic E-state index is 12.9. The second kappa shape index (κ2) is 52.8. The monoisotopic (exact) mass is 994 g/mol. The van der Waals surface area contributed by atoms with Crippen molar-refractivity contribution in [1.82, 2.24) is 0 Å². The van der Waals surface area contributed by atoms with E-state index in [-0.39, 0.29) is 38.6 Å². The SMILES string of the molecule is CC/C=C\C/C=C\C/C=C\C/C=C\C/C=C\CCCCCCCCCCCCCC(=O)OC(COC(=O)CCCCCCCCCCC/C=C\C/C=C\CCCCC)COC(OCC[N+](C)(C)C)C(=O)[O-]. The Morgan fingerprint density at radius 3 is 1.20 bits per heavy atom. The molecule has 0 aliphatic rings. The second-order valence-corrected chi connectivity index (χ2v) is 20.2. The molecule has 0 saturated carbocycles. The Labute approximate surface area is 436 Å². The summed E-state index contributed by atoms with van der Waals surface area (Å²) >= 11 is 0. The number of carbonyl (C=O) groups excluding carboxylic acids is 3. The first kappa shape index (κ1) is 67.5. The number of carboxylic acid groups (broad SMARTS) is 1. The molecule has 0 bridgehead atoms. The van der Waals surface area contributed by atoms with Gasteiger partial charge in [0.2, 0.25) is 0 Å². The van der Waals surface area contributed by atoms with Crippen molar-refractivity contribution < 1.29 is 42.9 Å². The molecule has 408 valence electrons. The van der Waals surface area contributed by atoms with Gasteiger partial charge in [-0.2, -0.15) is 0 Å². The molecule has 2 atom stereocenters. The first-order valence-electron chi connectivity index (χ1n) is 28.7. The first-order valence-corrected chi connectivity index (χ1v) is 28.7. The number of likely N-dealkylation sites (N-methyl/N-ethyl adjacent to an activating group) is 1. The van der Waals surface area contributed by atoms with Crippen molar-refractivity contribution in [2.45, 2.75) is 245 Å². The van der Waals surface area contributed by atoms with Gasteiger partial charge in [-0.1, -0.05) is 214 Å².